The summed E-state index contributed by atoms with van der Waals surface area (Å²) in [5.74, 6) is -0.759. The van der Waals surface area contributed by atoms with Crippen molar-refractivity contribution in [2.24, 2.45) is 0 Å². The van der Waals surface area contributed by atoms with Crippen molar-refractivity contribution in [3.8, 4) is 5.75 Å². The molecule has 0 fully saturated rings. The van der Waals surface area contributed by atoms with Crippen molar-refractivity contribution in [2.45, 2.75) is 19.5 Å². The van der Waals surface area contributed by atoms with Gasteiger partial charge in [-0.25, -0.2) is 19.3 Å². The van der Waals surface area contributed by atoms with Gasteiger partial charge in [0.1, 0.15) is 5.82 Å². The van der Waals surface area contributed by atoms with Crippen molar-refractivity contribution in [1.29, 1.82) is 0 Å². The lowest BCUT2D eigenvalue weighted by Gasteiger charge is -2.09. The summed E-state index contributed by atoms with van der Waals surface area (Å²) < 4.78 is 26.2. The lowest BCUT2D eigenvalue weighted by atomic mass is 10.2. The van der Waals surface area contributed by atoms with E-state index >= 15 is 0 Å². The van der Waals surface area contributed by atoms with Gasteiger partial charge >= 0.3 is 0 Å². The van der Waals surface area contributed by atoms with Crippen LogP contribution in [0.5, 0.6) is 5.75 Å². The van der Waals surface area contributed by atoms with E-state index in [0.29, 0.717) is 11.4 Å². The molecule has 4 heterocycles. The van der Waals surface area contributed by atoms with E-state index in [1.807, 2.05) is 0 Å². The average molecular weight is 465 g/mol. The fourth-order valence-electron chi connectivity index (χ4n) is 3.07. The van der Waals surface area contributed by atoms with Crippen LogP contribution >= 0.6 is 0 Å². The van der Waals surface area contributed by atoms with Gasteiger partial charge in [0.05, 0.1) is 50.4 Å². The Bertz CT molecular complexity index is 1370. The Morgan fingerprint density at radius 1 is 1.18 bits per heavy atom. The zero-order chi connectivity index (χ0) is 24.1. The summed E-state index contributed by atoms with van der Waals surface area (Å²) in [7, 11) is 1.29. The molecule has 0 saturated carbocycles. The molecule has 174 valence electrons. The van der Waals surface area contributed by atoms with Gasteiger partial charge in [0.2, 0.25) is 5.76 Å². The average Bonchev–Trinajstić information content (AvgIpc) is 3.30. The molecule has 3 N–H and O–H groups in total. The maximum Gasteiger partial charge on any atom is 0.289 e. The number of pyridine rings is 2. The molecule has 0 spiro atoms. The van der Waals surface area contributed by atoms with Gasteiger partial charge in [0.15, 0.2) is 17.5 Å². The number of methoxy groups -OCH3 is 1. The van der Waals surface area contributed by atoms with Crippen LogP contribution in [0.3, 0.4) is 0 Å². The summed E-state index contributed by atoms with van der Waals surface area (Å²) in [5.41, 5.74) is 6.19. The molecule has 4 rings (SSSR count). The van der Waals surface area contributed by atoms with Crippen molar-refractivity contribution >= 4 is 11.6 Å². The van der Waals surface area contributed by atoms with Crippen molar-refractivity contribution < 1.29 is 18.3 Å². The number of carbonyl (C=O) groups excluding carboxylic acids is 1. The zero-order valence-electron chi connectivity index (χ0n) is 18.1. The molecular formula is C22H20FN7O4. The highest BCUT2D eigenvalue weighted by molar-refractivity contribution is 5.91. The van der Waals surface area contributed by atoms with E-state index in [9.17, 15) is 14.0 Å². The molecule has 0 unspecified atom stereocenters. The molecule has 0 bridgehead atoms. The third-order valence-corrected chi connectivity index (χ3v) is 4.80. The van der Waals surface area contributed by atoms with Gasteiger partial charge < -0.3 is 24.8 Å². The molecule has 1 amide bonds. The first-order valence-electron chi connectivity index (χ1n) is 10.1. The van der Waals surface area contributed by atoms with Gasteiger partial charge in [-0.05, 0) is 11.6 Å². The SMILES string of the molecule is COc1c(N)cnc(CNC(=O)c2cnc(Cc3cnc(Cn4ccccc4=O)nc3)o2)c1F. The van der Waals surface area contributed by atoms with Crippen LogP contribution in [0.15, 0.2) is 58.4 Å². The summed E-state index contributed by atoms with van der Waals surface area (Å²) in [6.45, 7) is 0.0513. The summed E-state index contributed by atoms with van der Waals surface area (Å²) in [5, 5.41) is 2.52. The van der Waals surface area contributed by atoms with Gasteiger partial charge in [-0.15, -0.1) is 0 Å². The number of nitrogens with one attached hydrogen (secondary N) is 1. The largest absolute Gasteiger partial charge is 0.491 e. The minimum Gasteiger partial charge on any atom is -0.491 e. The molecule has 0 atom stereocenters. The van der Waals surface area contributed by atoms with Gasteiger partial charge in [-0.1, -0.05) is 6.07 Å². The van der Waals surface area contributed by atoms with Gasteiger partial charge in [-0.3, -0.25) is 14.6 Å². The number of nitrogen functional groups attached to an aromatic ring is 1. The van der Waals surface area contributed by atoms with Crippen molar-refractivity contribution in [2.75, 3.05) is 12.8 Å². The second-order valence-corrected chi connectivity index (χ2v) is 7.16. The molecule has 0 aromatic carbocycles. The molecule has 12 heteroatoms. The number of amides is 1. The van der Waals surface area contributed by atoms with Crippen LogP contribution in [0.25, 0.3) is 0 Å². The predicted octanol–water partition coefficient (Wildman–Crippen LogP) is 1.32. The highest BCUT2D eigenvalue weighted by Gasteiger charge is 2.17. The van der Waals surface area contributed by atoms with E-state index in [1.54, 1.807) is 30.7 Å². The first kappa shape index (κ1) is 22.6. The number of halogens is 1. The molecule has 4 aromatic rings. The third-order valence-electron chi connectivity index (χ3n) is 4.80. The highest BCUT2D eigenvalue weighted by Crippen LogP contribution is 2.25. The molecule has 4 aromatic heterocycles. The number of aromatic nitrogens is 5. The number of hydrogen-bond acceptors (Lipinski definition) is 9. The number of ether oxygens (including phenoxy) is 1. The van der Waals surface area contributed by atoms with Crippen LogP contribution in [0.4, 0.5) is 10.1 Å². The van der Waals surface area contributed by atoms with E-state index in [0.717, 1.165) is 0 Å². The van der Waals surface area contributed by atoms with Crippen molar-refractivity contribution in [3.63, 3.8) is 0 Å². The molecule has 0 radical (unpaired) electrons. The molecule has 11 nitrogen and oxygen atoms in total. The number of anilines is 1. The highest BCUT2D eigenvalue weighted by atomic mass is 19.1. The summed E-state index contributed by atoms with van der Waals surface area (Å²) >= 11 is 0. The first-order valence-corrected chi connectivity index (χ1v) is 10.1. The van der Waals surface area contributed by atoms with Crippen LogP contribution in [-0.4, -0.2) is 37.5 Å². The second kappa shape index (κ2) is 9.90. The maximum atomic E-state index is 14.3. The van der Waals surface area contributed by atoms with Crippen LogP contribution in [0.2, 0.25) is 0 Å². The van der Waals surface area contributed by atoms with E-state index in [-0.39, 0.29) is 53.9 Å². The van der Waals surface area contributed by atoms with E-state index < -0.39 is 11.7 Å². The topological polar surface area (TPSA) is 151 Å². The Morgan fingerprint density at radius 3 is 2.71 bits per heavy atom. The van der Waals surface area contributed by atoms with E-state index in [4.69, 9.17) is 14.9 Å². The van der Waals surface area contributed by atoms with Gasteiger partial charge in [-0.2, -0.15) is 0 Å². The molecule has 0 aliphatic carbocycles. The minimum absolute atomic E-state index is 0.0332. The number of carbonyl (C=O) groups is 1. The second-order valence-electron chi connectivity index (χ2n) is 7.16. The molecule has 0 aliphatic rings. The lowest BCUT2D eigenvalue weighted by molar-refractivity contribution is 0.0920. The fourth-order valence-corrected chi connectivity index (χ4v) is 3.07. The van der Waals surface area contributed by atoms with Crippen molar-refractivity contribution in [3.05, 3.63) is 94.1 Å². The Kier molecular flexibility index (Phi) is 6.57. The Balaban J connectivity index is 1.35. The fraction of sp³-hybridized carbons (Fsp3) is 0.182. The smallest absolute Gasteiger partial charge is 0.289 e. The van der Waals surface area contributed by atoms with Gasteiger partial charge in [0, 0.05) is 24.7 Å². The van der Waals surface area contributed by atoms with Crippen molar-refractivity contribution in [1.82, 2.24) is 29.8 Å². The summed E-state index contributed by atoms with van der Waals surface area (Å²) in [6.07, 6.45) is 7.64. The molecular weight excluding hydrogens is 445 g/mol. The van der Waals surface area contributed by atoms with E-state index in [2.05, 4.69) is 25.3 Å². The molecule has 0 aliphatic heterocycles. The Labute approximate surface area is 192 Å². The van der Waals surface area contributed by atoms with Crippen LogP contribution < -0.4 is 21.3 Å². The van der Waals surface area contributed by atoms with E-state index in [1.165, 1.54) is 30.1 Å². The van der Waals surface area contributed by atoms with Crippen LogP contribution in [-0.2, 0) is 19.5 Å². The first-order chi connectivity index (χ1) is 16.4. The number of oxazole rings is 1. The maximum absolute atomic E-state index is 14.3. The normalized spacial score (nSPS) is 10.8. The summed E-state index contributed by atoms with van der Waals surface area (Å²) in [6, 6.07) is 4.88. The van der Waals surface area contributed by atoms with Crippen LogP contribution in [0.1, 0.15) is 33.5 Å². The standard InChI is InChI=1S/C22H20FN7O4/c1-33-21-14(24)9-25-15(20(21)23)10-29-22(32)16-11-28-18(34-16)6-13-7-26-17(27-8-13)12-30-5-3-2-4-19(30)31/h2-5,7-9,11H,6,10,12,24H2,1H3,(H,29,32). The Morgan fingerprint density at radius 2 is 1.97 bits per heavy atom. The number of nitrogens with zero attached hydrogens (tertiary/aromatic N) is 5. The van der Waals surface area contributed by atoms with Crippen LogP contribution in [0, 0.1) is 5.82 Å². The Hall–Kier alpha value is -4.61. The zero-order valence-corrected chi connectivity index (χ0v) is 18.1. The summed E-state index contributed by atoms with van der Waals surface area (Å²) in [4.78, 5) is 40.7. The predicted molar refractivity (Wildman–Crippen MR) is 117 cm³/mol. The number of rotatable bonds is 8. The molecule has 34 heavy (non-hydrogen) atoms. The van der Waals surface area contributed by atoms with Gasteiger partial charge in [0.25, 0.3) is 11.5 Å². The molecule has 0 saturated heterocycles. The lowest BCUT2D eigenvalue weighted by Crippen LogP contribution is -2.23. The third kappa shape index (κ3) is 5.06. The minimum atomic E-state index is -0.748. The monoisotopic (exact) mass is 465 g/mol. The number of hydrogen-bond donors (Lipinski definition) is 2. The number of nitrogens with two attached hydrogens (primary N) is 1. The quantitative estimate of drug-likeness (QED) is 0.392.